The number of ether oxygens (including phenoxy) is 1. The third-order valence-corrected chi connectivity index (χ3v) is 5.59. The number of piperidine rings is 1. The Bertz CT molecular complexity index is 551. The van der Waals surface area contributed by atoms with Crippen molar-refractivity contribution in [2.24, 2.45) is 0 Å². The molecule has 1 saturated carbocycles. The second-order valence-electron chi connectivity index (χ2n) is 6.42. The molecule has 4 nitrogen and oxygen atoms in total. The smallest absolute Gasteiger partial charge is 0.252 e. The van der Waals surface area contributed by atoms with Gasteiger partial charge in [0.1, 0.15) is 5.60 Å². The van der Waals surface area contributed by atoms with E-state index in [1.807, 2.05) is 6.07 Å². The van der Waals surface area contributed by atoms with Crippen LogP contribution in [0.4, 0.5) is 0 Å². The first-order valence-electron chi connectivity index (χ1n) is 7.91. The van der Waals surface area contributed by atoms with Crippen LogP contribution in [-0.4, -0.2) is 38.3 Å². The lowest BCUT2D eigenvalue weighted by atomic mass is 9.90. The SMILES string of the molecule is COC1(C(=O)NCC2(c3cccc(Br)c3)CC2)CCNCC1. The lowest BCUT2D eigenvalue weighted by molar-refractivity contribution is -0.146. The van der Waals surface area contributed by atoms with E-state index in [0.717, 1.165) is 43.2 Å². The number of halogens is 1. The highest BCUT2D eigenvalue weighted by atomic mass is 79.9. The second kappa shape index (κ2) is 6.30. The maximum Gasteiger partial charge on any atom is 0.252 e. The normalized spacial score (nSPS) is 22.1. The van der Waals surface area contributed by atoms with Crippen molar-refractivity contribution >= 4 is 21.8 Å². The Labute approximate surface area is 140 Å². The average molecular weight is 367 g/mol. The fourth-order valence-electron chi connectivity index (χ4n) is 3.30. The zero-order valence-electron chi connectivity index (χ0n) is 13.0. The van der Waals surface area contributed by atoms with E-state index >= 15 is 0 Å². The van der Waals surface area contributed by atoms with Crippen LogP contribution < -0.4 is 10.6 Å². The molecule has 1 amide bonds. The molecule has 1 aromatic carbocycles. The molecule has 2 fully saturated rings. The predicted molar refractivity (Wildman–Crippen MR) is 89.9 cm³/mol. The Hall–Kier alpha value is -0.910. The molecule has 5 heteroatoms. The maximum absolute atomic E-state index is 12.7. The van der Waals surface area contributed by atoms with E-state index in [9.17, 15) is 4.79 Å². The van der Waals surface area contributed by atoms with Crippen molar-refractivity contribution < 1.29 is 9.53 Å². The fourth-order valence-corrected chi connectivity index (χ4v) is 3.70. The van der Waals surface area contributed by atoms with Crippen molar-refractivity contribution in [3.8, 4) is 0 Å². The number of hydrogen-bond donors (Lipinski definition) is 2. The van der Waals surface area contributed by atoms with Gasteiger partial charge in [0.15, 0.2) is 0 Å². The van der Waals surface area contributed by atoms with E-state index in [1.54, 1.807) is 7.11 Å². The first-order chi connectivity index (χ1) is 10.6. The molecule has 2 aliphatic rings. The van der Waals surface area contributed by atoms with Crippen LogP contribution in [-0.2, 0) is 14.9 Å². The molecule has 1 aromatic rings. The van der Waals surface area contributed by atoms with Crippen LogP contribution in [0, 0.1) is 0 Å². The Morgan fingerprint density at radius 2 is 2.05 bits per heavy atom. The van der Waals surface area contributed by atoms with Gasteiger partial charge in [0, 0.05) is 23.5 Å². The third-order valence-electron chi connectivity index (χ3n) is 5.09. The van der Waals surface area contributed by atoms with Crippen LogP contribution in [0.3, 0.4) is 0 Å². The lowest BCUT2D eigenvalue weighted by Crippen LogP contribution is -2.55. The quantitative estimate of drug-likeness (QED) is 0.840. The van der Waals surface area contributed by atoms with E-state index < -0.39 is 5.60 Å². The van der Waals surface area contributed by atoms with Gasteiger partial charge in [-0.2, -0.15) is 0 Å². The lowest BCUT2D eigenvalue weighted by Gasteiger charge is -2.35. The molecular weight excluding hydrogens is 344 g/mol. The van der Waals surface area contributed by atoms with Crippen molar-refractivity contribution in [3.05, 3.63) is 34.3 Å². The Morgan fingerprint density at radius 3 is 2.64 bits per heavy atom. The maximum atomic E-state index is 12.7. The van der Waals surface area contributed by atoms with Crippen LogP contribution in [0.1, 0.15) is 31.2 Å². The molecule has 120 valence electrons. The molecule has 0 bridgehead atoms. The number of nitrogens with one attached hydrogen (secondary N) is 2. The molecule has 0 spiro atoms. The van der Waals surface area contributed by atoms with Gasteiger partial charge in [-0.25, -0.2) is 0 Å². The van der Waals surface area contributed by atoms with Gasteiger partial charge in [0.05, 0.1) is 0 Å². The van der Waals surface area contributed by atoms with E-state index in [-0.39, 0.29) is 11.3 Å². The summed E-state index contributed by atoms with van der Waals surface area (Å²) in [6.45, 7) is 2.36. The zero-order chi connectivity index (χ0) is 15.6. The average Bonchev–Trinajstić information content (AvgIpc) is 3.34. The molecule has 22 heavy (non-hydrogen) atoms. The molecule has 1 heterocycles. The topological polar surface area (TPSA) is 50.4 Å². The van der Waals surface area contributed by atoms with Crippen molar-refractivity contribution in [1.29, 1.82) is 0 Å². The fraction of sp³-hybridized carbons (Fsp3) is 0.588. The Kier molecular flexibility index (Phi) is 4.57. The second-order valence-corrected chi connectivity index (χ2v) is 7.34. The summed E-state index contributed by atoms with van der Waals surface area (Å²) in [7, 11) is 1.64. The van der Waals surface area contributed by atoms with Gasteiger partial charge in [-0.05, 0) is 56.5 Å². The van der Waals surface area contributed by atoms with E-state index in [2.05, 4.69) is 44.8 Å². The molecule has 3 rings (SSSR count). The monoisotopic (exact) mass is 366 g/mol. The first kappa shape index (κ1) is 16.0. The summed E-state index contributed by atoms with van der Waals surface area (Å²) in [5.41, 5.74) is 0.763. The summed E-state index contributed by atoms with van der Waals surface area (Å²) in [5.74, 6) is 0.0396. The van der Waals surface area contributed by atoms with Gasteiger partial charge >= 0.3 is 0 Å². The molecule has 1 aliphatic carbocycles. The summed E-state index contributed by atoms with van der Waals surface area (Å²) >= 11 is 3.53. The third kappa shape index (κ3) is 3.07. The van der Waals surface area contributed by atoms with Crippen molar-refractivity contribution in [1.82, 2.24) is 10.6 Å². The minimum atomic E-state index is -0.654. The zero-order valence-corrected chi connectivity index (χ0v) is 14.5. The molecule has 1 saturated heterocycles. The van der Waals surface area contributed by atoms with Gasteiger partial charge < -0.3 is 15.4 Å². The van der Waals surface area contributed by atoms with E-state index in [1.165, 1.54) is 5.56 Å². The van der Waals surface area contributed by atoms with Crippen molar-refractivity contribution in [2.45, 2.75) is 36.7 Å². The van der Waals surface area contributed by atoms with Crippen LogP contribution in [0.25, 0.3) is 0 Å². The predicted octanol–water partition coefficient (Wildman–Crippen LogP) is 2.37. The molecular formula is C17H23BrN2O2. The number of rotatable bonds is 5. The summed E-state index contributed by atoms with van der Waals surface area (Å²) in [6.07, 6.45) is 3.73. The Morgan fingerprint density at radius 1 is 1.32 bits per heavy atom. The molecule has 0 radical (unpaired) electrons. The van der Waals surface area contributed by atoms with Gasteiger partial charge in [-0.3, -0.25) is 4.79 Å². The number of methoxy groups -OCH3 is 1. The van der Waals surface area contributed by atoms with Gasteiger partial charge in [0.2, 0.25) is 0 Å². The first-order valence-corrected chi connectivity index (χ1v) is 8.70. The highest BCUT2D eigenvalue weighted by molar-refractivity contribution is 9.10. The van der Waals surface area contributed by atoms with Crippen molar-refractivity contribution in [3.63, 3.8) is 0 Å². The number of hydrogen-bond acceptors (Lipinski definition) is 3. The minimum Gasteiger partial charge on any atom is -0.368 e. The van der Waals surface area contributed by atoms with Crippen LogP contribution >= 0.6 is 15.9 Å². The van der Waals surface area contributed by atoms with Gasteiger partial charge in [-0.1, -0.05) is 28.1 Å². The molecule has 2 N–H and O–H groups in total. The largest absolute Gasteiger partial charge is 0.368 e. The summed E-state index contributed by atoms with van der Waals surface area (Å²) in [4.78, 5) is 12.7. The van der Waals surface area contributed by atoms with Crippen LogP contribution in [0.5, 0.6) is 0 Å². The van der Waals surface area contributed by atoms with E-state index in [0.29, 0.717) is 6.54 Å². The number of benzene rings is 1. The minimum absolute atomic E-state index is 0.0396. The highest BCUT2D eigenvalue weighted by Gasteiger charge is 2.46. The Balaban J connectivity index is 1.65. The highest BCUT2D eigenvalue weighted by Crippen LogP contribution is 2.48. The summed E-state index contributed by atoms with van der Waals surface area (Å²) in [5, 5.41) is 6.44. The van der Waals surface area contributed by atoms with Crippen molar-refractivity contribution in [2.75, 3.05) is 26.7 Å². The standard InChI is InChI=1S/C17H23BrN2O2/c1-22-17(7-9-19-10-8-17)15(21)20-12-16(5-6-16)13-3-2-4-14(18)11-13/h2-4,11,19H,5-10,12H2,1H3,(H,20,21). The summed E-state index contributed by atoms with van der Waals surface area (Å²) in [6, 6.07) is 8.41. The molecule has 0 unspecified atom stereocenters. The molecule has 0 atom stereocenters. The number of carbonyl (C=O) groups excluding carboxylic acids is 1. The van der Waals surface area contributed by atoms with Gasteiger partial charge in [-0.15, -0.1) is 0 Å². The number of carbonyl (C=O) groups is 1. The van der Waals surface area contributed by atoms with Crippen LogP contribution in [0.15, 0.2) is 28.7 Å². The molecule has 1 aliphatic heterocycles. The van der Waals surface area contributed by atoms with E-state index in [4.69, 9.17) is 4.74 Å². The van der Waals surface area contributed by atoms with Gasteiger partial charge in [0.25, 0.3) is 5.91 Å². The summed E-state index contributed by atoms with van der Waals surface area (Å²) < 4.78 is 6.68. The number of amides is 1. The molecule has 0 aromatic heterocycles. The van der Waals surface area contributed by atoms with Crippen LogP contribution in [0.2, 0.25) is 0 Å².